The monoisotopic (exact) mass is 378 g/mol. The molecule has 4 nitrogen and oxygen atoms in total. The molecule has 138 valence electrons. The van der Waals surface area contributed by atoms with Crippen molar-refractivity contribution in [3.8, 4) is 0 Å². The third-order valence-electron chi connectivity index (χ3n) is 4.33. The van der Waals surface area contributed by atoms with E-state index in [0.717, 1.165) is 16.7 Å². The minimum absolute atomic E-state index is 0.260. The van der Waals surface area contributed by atoms with Crippen LogP contribution in [0.5, 0.6) is 0 Å². The largest absolute Gasteiger partial charge is 0.256 e. The van der Waals surface area contributed by atoms with E-state index in [0.29, 0.717) is 12.2 Å². The summed E-state index contributed by atoms with van der Waals surface area (Å²) in [6, 6.07) is 24.1. The van der Waals surface area contributed by atoms with E-state index in [1.165, 1.54) is 4.31 Å². The third kappa shape index (κ3) is 4.70. The highest BCUT2D eigenvalue weighted by atomic mass is 32.2. The van der Waals surface area contributed by atoms with Gasteiger partial charge in [0.15, 0.2) is 0 Å². The van der Waals surface area contributed by atoms with Crippen molar-refractivity contribution in [1.29, 1.82) is 0 Å². The normalized spacial score (nSPS) is 12.0. The molecule has 3 aromatic rings. The second-order valence-electron chi connectivity index (χ2n) is 6.36. The minimum Gasteiger partial charge on any atom is -0.256 e. The molecular weight excluding hydrogens is 356 g/mol. The van der Waals surface area contributed by atoms with E-state index in [9.17, 15) is 8.42 Å². The lowest BCUT2D eigenvalue weighted by atomic mass is 10.1. The lowest BCUT2D eigenvalue weighted by molar-refractivity contribution is 0.467. The first kappa shape index (κ1) is 19.0. The number of sulfonamides is 1. The first-order valence-electron chi connectivity index (χ1n) is 8.67. The molecule has 3 rings (SSSR count). The minimum atomic E-state index is -3.55. The molecule has 0 amide bonds. The first-order chi connectivity index (χ1) is 13.0. The maximum atomic E-state index is 12.8. The van der Waals surface area contributed by atoms with Crippen molar-refractivity contribution in [3.05, 3.63) is 95.6 Å². The van der Waals surface area contributed by atoms with E-state index in [1.54, 1.807) is 37.5 Å². The molecule has 0 fully saturated rings. The van der Waals surface area contributed by atoms with Gasteiger partial charge in [0.1, 0.15) is 0 Å². The van der Waals surface area contributed by atoms with Gasteiger partial charge in [-0.05, 0) is 47.9 Å². The Morgan fingerprint density at radius 2 is 1.52 bits per heavy atom. The molecule has 0 saturated carbocycles. The van der Waals surface area contributed by atoms with Crippen LogP contribution in [0.25, 0.3) is 0 Å². The SMILES string of the molecule is Cc1ccccc1C=Nc1ccc(S(=O)(=O)N(C)Cc2ccccc2)cc1. The number of aryl methyl sites for hydroxylation is 1. The Morgan fingerprint density at radius 1 is 0.889 bits per heavy atom. The highest BCUT2D eigenvalue weighted by molar-refractivity contribution is 7.89. The van der Waals surface area contributed by atoms with Gasteiger partial charge >= 0.3 is 0 Å². The van der Waals surface area contributed by atoms with Crippen LogP contribution in [0.1, 0.15) is 16.7 Å². The summed E-state index contributed by atoms with van der Waals surface area (Å²) >= 11 is 0. The Bertz CT molecular complexity index is 1030. The van der Waals surface area contributed by atoms with Crippen LogP contribution in [0.4, 0.5) is 5.69 Å². The maximum absolute atomic E-state index is 12.8. The van der Waals surface area contributed by atoms with Gasteiger partial charge in [-0.3, -0.25) is 4.99 Å². The molecule has 0 saturated heterocycles. The third-order valence-corrected chi connectivity index (χ3v) is 6.15. The second kappa shape index (κ2) is 8.29. The van der Waals surface area contributed by atoms with Crippen LogP contribution in [0, 0.1) is 6.92 Å². The second-order valence-corrected chi connectivity index (χ2v) is 8.40. The van der Waals surface area contributed by atoms with Gasteiger partial charge in [-0.2, -0.15) is 4.31 Å². The smallest absolute Gasteiger partial charge is 0.243 e. The van der Waals surface area contributed by atoms with Gasteiger partial charge in [-0.15, -0.1) is 0 Å². The van der Waals surface area contributed by atoms with Crippen LogP contribution in [0.2, 0.25) is 0 Å². The van der Waals surface area contributed by atoms with Gasteiger partial charge in [0, 0.05) is 19.8 Å². The van der Waals surface area contributed by atoms with E-state index in [-0.39, 0.29) is 4.90 Å². The number of hydrogen-bond donors (Lipinski definition) is 0. The molecule has 0 spiro atoms. The topological polar surface area (TPSA) is 49.7 Å². The van der Waals surface area contributed by atoms with Crippen molar-refractivity contribution >= 4 is 21.9 Å². The van der Waals surface area contributed by atoms with Crippen LogP contribution in [-0.4, -0.2) is 26.0 Å². The summed E-state index contributed by atoms with van der Waals surface area (Å²) in [7, 11) is -1.96. The fourth-order valence-electron chi connectivity index (χ4n) is 2.69. The summed E-state index contributed by atoms with van der Waals surface area (Å²) in [6.07, 6.45) is 1.79. The summed E-state index contributed by atoms with van der Waals surface area (Å²) in [5.74, 6) is 0. The lowest BCUT2D eigenvalue weighted by Crippen LogP contribution is -2.26. The van der Waals surface area contributed by atoms with Crippen molar-refractivity contribution in [3.63, 3.8) is 0 Å². The zero-order valence-electron chi connectivity index (χ0n) is 15.4. The number of benzene rings is 3. The van der Waals surface area contributed by atoms with Crippen LogP contribution < -0.4 is 0 Å². The zero-order valence-corrected chi connectivity index (χ0v) is 16.2. The van der Waals surface area contributed by atoms with Gasteiger partial charge in [-0.1, -0.05) is 54.6 Å². The fourth-order valence-corrected chi connectivity index (χ4v) is 3.84. The van der Waals surface area contributed by atoms with Crippen LogP contribution in [0.3, 0.4) is 0 Å². The lowest BCUT2D eigenvalue weighted by Gasteiger charge is -2.17. The van der Waals surface area contributed by atoms with E-state index in [2.05, 4.69) is 4.99 Å². The predicted octanol–water partition coefficient (Wildman–Crippen LogP) is 4.57. The predicted molar refractivity (Wildman–Crippen MR) is 110 cm³/mol. The van der Waals surface area contributed by atoms with Crippen molar-refractivity contribution in [2.45, 2.75) is 18.4 Å². The molecule has 5 heteroatoms. The molecule has 0 radical (unpaired) electrons. The van der Waals surface area contributed by atoms with Crippen LogP contribution >= 0.6 is 0 Å². The average Bonchev–Trinajstić information content (AvgIpc) is 2.68. The van der Waals surface area contributed by atoms with Gasteiger partial charge in [0.2, 0.25) is 10.0 Å². The molecule has 0 bridgehead atoms. The van der Waals surface area contributed by atoms with Crippen LogP contribution in [0.15, 0.2) is 88.8 Å². The first-order valence-corrected chi connectivity index (χ1v) is 10.1. The van der Waals surface area contributed by atoms with Gasteiger partial charge in [0.05, 0.1) is 10.6 Å². The molecule has 0 aliphatic carbocycles. The Hall–Kier alpha value is -2.76. The van der Waals surface area contributed by atoms with Gasteiger partial charge in [-0.25, -0.2) is 8.42 Å². The van der Waals surface area contributed by atoms with Crippen LogP contribution in [-0.2, 0) is 16.6 Å². The van der Waals surface area contributed by atoms with Gasteiger partial charge < -0.3 is 0 Å². The molecule has 3 aromatic carbocycles. The quantitative estimate of drug-likeness (QED) is 0.590. The molecule has 0 aromatic heterocycles. The van der Waals surface area contributed by atoms with E-state index in [1.807, 2.05) is 61.5 Å². The number of nitrogens with zero attached hydrogens (tertiary/aromatic N) is 2. The Kier molecular flexibility index (Phi) is 5.84. The Labute approximate surface area is 160 Å². The highest BCUT2D eigenvalue weighted by Gasteiger charge is 2.20. The van der Waals surface area contributed by atoms with Gasteiger partial charge in [0.25, 0.3) is 0 Å². The Balaban J connectivity index is 1.75. The summed E-state index contributed by atoms with van der Waals surface area (Å²) in [5, 5.41) is 0. The number of rotatable bonds is 6. The molecular formula is C22H22N2O2S. The zero-order chi connectivity index (χ0) is 19.3. The van der Waals surface area contributed by atoms with Crippen molar-refractivity contribution < 1.29 is 8.42 Å². The Morgan fingerprint density at radius 3 is 2.19 bits per heavy atom. The van der Waals surface area contributed by atoms with Crippen molar-refractivity contribution in [2.24, 2.45) is 4.99 Å². The van der Waals surface area contributed by atoms with Crippen molar-refractivity contribution in [2.75, 3.05) is 7.05 Å². The van der Waals surface area contributed by atoms with Crippen molar-refractivity contribution in [1.82, 2.24) is 4.31 Å². The number of hydrogen-bond acceptors (Lipinski definition) is 3. The van der Waals surface area contributed by atoms with E-state index >= 15 is 0 Å². The average molecular weight is 378 g/mol. The summed E-state index contributed by atoms with van der Waals surface area (Å²) in [4.78, 5) is 4.70. The molecule has 0 N–H and O–H groups in total. The van der Waals surface area contributed by atoms with E-state index in [4.69, 9.17) is 0 Å². The number of aliphatic imine (C=N–C) groups is 1. The molecule has 0 heterocycles. The standard InChI is InChI=1S/C22H22N2O2S/c1-18-8-6-7-11-20(18)16-23-21-12-14-22(15-13-21)27(25,26)24(2)17-19-9-4-3-5-10-19/h3-16H,17H2,1-2H3. The maximum Gasteiger partial charge on any atom is 0.243 e. The summed E-state index contributed by atoms with van der Waals surface area (Å²) < 4.78 is 26.9. The summed E-state index contributed by atoms with van der Waals surface area (Å²) in [5.41, 5.74) is 3.84. The van der Waals surface area contributed by atoms with E-state index < -0.39 is 10.0 Å². The molecule has 27 heavy (non-hydrogen) atoms. The molecule has 0 aliphatic heterocycles. The highest BCUT2D eigenvalue weighted by Crippen LogP contribution is 2.20. The molecule has 0 atom stereocenters. The fraction of sp³-hybridized carbons (Fsp3) is 0.136. The summed E-state index contributed by atoms with van der Waals surface area (Å²) in [6.45, 7) is 2.36. The molecule has 0 unspecified atom stereocenters. The molecule has 0 aliphatic rings.